The molecule has 0 aromatic carbocycles. The Morgan fingerprint density at radius 2 is 1.93 bits per heavy atom. The largest absolute Gasteiger partial charge is 0.464 e. The maximum Gasteiger partial charge on any atom is 0.326 e. The quantitative estimate of drug-likeness (QED) is 0.699. The summed E-state index contributed by atoms with van der Waals surface area (Å²) in [5, 5.41) is 0. The van der Waals surface area contributed by atoms with E-state index in [2.05, 4.69) is 0 Å². The van der Waals surface area contributed by atoms with Gasteiger partial charge in [0.2, 0.25) is 0 Å². The van der Waals surface area contributed by atoms with E-state index in [4.69, 9.17) is 10.5 Å². The Kier molecular flexibility index (Phi) is 2.77. The van der Waals surface area contributed by atoms with Crippen LogP contribution in [0.25, 0.3) is 0 Å². The monoisotopic (exact) mass is 197 g/mol. The molecule has 14 heavy (non-hydrogen) atoms. The normalized spacial score (nSPS) is 25.8. The predicted octanol–water partition coefficient (Wildman–Crippen LogP) is 1.60. The van der Waals surface area contributed by atoms with Gasteiger partial charge in [-0.3, -0.25) is 4.79 Å². The lowest BCUT2D eigenvalue weighted by Crippen LogP contribution is -2.54. The average Bonchev–Trinajstić information content (AvgIpc) is 2.62. The van der Waals surface area contributed by atoms with Gasteiger partial charge < -0.3 is 10.5 Å². The summed E-state index contributed by atoms with van der Waals surface area (Å²) < 4.78 is 5.27. The van der Waals surface area contributed by atoms with Gasteiger partial charge in [-0.1, -0.05) is 12.8 Å². The van der Waals surface area contributed by atoms with Crippen molar-refractivity contribution in [3.63, 3.8) is 0 Å². The van der Waals surface area contributed by atoms with E-state index in [9.17, 15) is 4.79 Å². The minimum absolute atomic E-state index is 0.171. The highest BCUT2D eigenvalue weighted by atomic mass is 16.5. The topological polar surface area (TPSA) is 52.3 Å². The zero-order chi connectivity index (χ0) is 10.0. The lowest BCUT2D eigenvalue weighted by atomic mass is 9.78. The van der Waals surface area contributed by atoms with Gasteiger partial charge in [-0.15, -0.1) is 0 Å². The second-order valence-corrected chi connectivity index (χ2v) is 4.76. The molecule has 2 N–H and O–H groups in total. The first-order chi connectivity index (χ1) is 6.71. The molecule has 3 heteroatoms. The summed E-state index contributed by atoms with van der Waals surface area (Å²) in [5.41, 5.74) is 5.23. The molecule has 0 heterocycles. The van der Waals surface area contributed by atoms with Crippen LogP contribution in [-0.2, 0) is 9.53 Å². The summed E-state index contributed by atoms with van der Waals surface area (Å²) in [6.45, 7) is 0.595. The molecule has 2 saturated carbocycles. The van der Waals surface area contributed by atoms with Crippen molar-refractivity contribution in [2.24, 2.45) is 11.7 Å². The molecule has 2 fully saturated rings. The van der Waals surface area contributed by atoms with E-state index in [0.29, 0.717) is 12.5 Å². The van der Waals surface area contributed by atoms with Crippen LogP contribution in [-0.4, -0.2) is 18.1 Å². The fraction of sp³-hybridized carbons (Fsp3) is 0.909. The second-order valence-electron chi connectivity index (χ2n) is 4.76. The third-order valence-electron chi connectivity index (χ3n) is 3.58. The molecule has 0 aromatic heterocycles. The highest BCUT2D eigenvalue weighted by Crippen LogP contribution is 2.31. The Morgan fingerprint density at radius 1 is 1.29 bits per heavy atom. The first-order valence-electron chi connectivity index (χ1n) is 5.67. The van der Waals surface area contributed by atoms with Gasteiger partial charge in [0.05, 0.1) is 6.61 Å². The molecule has 2 rings (SSSR count). The molecule has 0 saturated heterocycles. The van der Waals surface area contributed by atoms with Gasteiger partial charge >= 0.3 is 5.97 Å². The number of rotatable bonds is 3. The van der Waals surface area contributed by atoms with Crippen LogP contribution in [0, 0.1) is 5.92 Å². The van der Waals surface area contributed by atoms with Crippen molar-refractivity contribution in [3.8, 4) is 0 Å². The number of carbonyl (C=O) groups excluding carboxylic acids is 1. The Labute approximate surface area is 85.0 Å². The smallest absolute Gasteiger partial charge is 0.326 e. The third kappa shape index (κ3) is 1.92. The number of nitrogens with two attached hydrogens (primary N) is 1. The van der Waals surface area contributed by atoms with E-state index in [1.54, 1.807) is 0 Å². The molecule has 3 nitrogen and oxygen atoms in total. The van der Waals surface area contributed by atoms with Crippen molar-refractivity contribution in [1.29, 1.82) is 0 Å². The molecule has 0 spiro atoms. The summed E-state index contributed by atoms with van der Waals surface area (Å²) in [6, 6.07) is 0. The average molecular weight is 197 g/mol. The van der Waals surface area contributed by atoms with Crippen molar-refractivity contribution in [1.82, 2.24) is 0 Å². The van der Waals surface area contributed by atoms with Crippen LogP contribution in [0.1, 0.15) is 44.9 Å². The Hall–Kier alpha value is -0.570. The maximum absolute atomic E-state index is 11.6. The van der Waals surface area contributed by atoms with Crippen molar-refractivity contribution in [2.75, 3.05) is 6.61 Å². The van der Waals surface area contributed by atoms with E-state index in [1.165, 1.54) is 25.7 Å². The summed E-state index contributed by atoms with van der Waals surface area (Å²) in [5.74, 6) is 0.429. The zero-order valence-corrected chi connectivity index (χ0v) is 8.63. The molecule has 0 amide bonds. The van der Waals surface area contributed by atoms with Gasteiger partial charge in [0.25, 0.3) is 0 Å². The fourth-order valence-corrected chi connectivity index (χ4v) is 2.28. The van der Waals surface area contributed by atoms with Gasteiger partial charge in [-0.2, -0.15) is 0 Å². The molecule has 2 aliphatic carbocycles. The molecule has 0 radical (unpaired) electrons. The van der Waals surface area contributed by atoms with Crippen molar-refractivity contribution in [2.45, 2.75) is 50.5 Å². The summed E-state index contributed by atoms with van der Waals surface area (Å²) in [4.78, 5) is 11.6. The van der Waals surface area contributed by atoms with Crippen molar-refractivity contribution >= 4 is 5.97 Å². The Balaban J connectivity index is 1.71. The lowest BCUT2D eigenvalue weighted by molar-refractivity contribution is -0.154. The Morgan fingerprint density at radius 3 is 2.43 bits per heavy atom. The predicted molar refractivity (Wildman–Crippen MR) is 53.7 cm³/mol. The number of esters is 1. The maximum atomic E-state index is 11.6. The second kappa shape index (κ2) is 3.89. The molecule has 0 aliphatic heterocycles. The van der Waals surface area contributed by atoms with Gasteiger partial charge in [0.1, 0.15) is 5.54 Å². The van der Waals surface area contributed by atoms with E-state index in [-0.39, 0.29) is 5.97 Å². The van der Waals surface area contributed by atoms with E-state index < -0.39 is 5.54 Å². The molecule has 80 valence electrons. The minimum Gasteiger partial charge on any atom is -0.464 e. The van der Waals surface area contributed by atoms with Crippen molar-refractivity contribution < 1.29 is 9.53 Å². The fourth-order valence-electron chi connectivity index (χ4n) is 2.28. The van der Waals surface area contributed by atoms with Crippen LogP contribution in [0.4, 0.5) is 0 Å². The van der Waals surface area contributed by atoms with Gasteiger partial charge in [0.15, 0.2) is 0 Å². The standard InChI is InChI=1S/C11H19NO2/c12-11(6-3-7-11)10(13)14-8-9-4-1-2-5-9/h9H,1-8,12H2. The number of ether oxygens (including phenoxy) is 1. The van der Waals surface area contributed by atoms with Crippen LogP contribution >= 0.6 is 0 Å². The third-order valence-corrected chi connectivity index (χ3v) is 3.58. The molecule has 0 unspecified atom stereocenters. The van der Waals surface area contributed by atoms with Crippen LogP contribution in [0.3, 0.4) is 0 Å². The molecule has 2 aliphatic rings. The first-order valence-corrected chi connectivity index (χ1v) is 5.67. The summed E-state index contributed by atoms with van der Waals surface area (Å²) >= 11 is 0. The van der Waals surface area contributed by atoms with Crippen LogP contribution in [0.2, 0.25) is 0 Å². The number of carbonyl (C=O) groups is 1. The van der Waals surface area contributed by atoms with E-state index in [0.717, 1.165) is 19.3 Å². The van der Waals surface area contributed by atoms with Gasteiger partial charge in [-0.25, -0.2) is 0 Å². The van der Waals surface area contributed by atoms with Crippen molar-refractivity contribution in [3.05, 3.63) is 0 Å². The summed E-state index contributed by atoms with van der Waals surface area (Å²) in [6.07, 6.45) is 7.67. The Bertz CT molecular complexity index is 217. The molecular formula is C11H19NO2. The molecule has 0 bridgehead atoms. The number of hydrogen-bond acceptors (Lipinski definition) is 3. The molecule has 0 atom stereocenters. The minimum atomic E-state index is -0.626. The lowest BCUT2D eigenvalue weighted by Gasteiger charge is -2.35. The SMILES string of the molecule is NC1(C(=O)OCC2CCCC2)CCC1. The first kappa shape index (κ1) is 9.97. The van der Waals surface area contributed by atoms with Gasteiger partial charge in [0, 0.05) is 0 Å². The molecule has 0 aromatic rings. The van der Waals surface area contributed by atoms with Crippen LogP contribution in [0.15, 0.2) is 0 Å². The zero-order valence-electron chi connectivity index (χ0n) is 8.63. The van der Waals surface area contributed by atoms with Gasteiger partial charge in [-0.05, 0) is 38.0 Å². The van der Waals surface area contributed by atoms with E-state index >= 15 is 0 Å². The highest BCUT2D eigenvalue weighted by Gasteiger charge is 2.41. The van der Waals surface area contributed by atoms with E-state index in [1.807, 2.05) is 0 Å². The van der Waals surface area contributed by atoms with Crippen LogP contribution < -0.4 is 5.73 Å². The summed E-state index contributed by atoms with van der Waals surface area (Å²) in [7, 11) is 0. The highest BCUT2D eigenvalue weighted by molar-refractivity contribution is 5.81. The molecular weight excluding hydrogens is 178 g/mol. The number of hydrogen-bond donors (Lipinski definition) is 1. The van der Waals surface area contributed by atoms with Crippen LogP contribution in [0.5, 0.6) is 0 Å².